The van der Waals surface area contributed by atoms with Crippen molar-refractivity contribution in [2.45, 2.75) is 58.1 Å². The second-order valence-electron chi connectivity index (χ2n) is 5.27. The van der Waals surface area contributed by atoms with Crippen LogP contribution in [0.4, 0.5) is 0 Å². The largest absolute Gasteiger partial charge is 0.394 e. The van der Waals surface area contributed by atoms with Crippen molar-refractivity contribution in [2.24, 2.45) is 5.92 Å². The number of nitrogens with one attached hydrogen (secondary N) is 1. The Labute approximate surface area is 104 Å². The normalized spacial score (nSPS) is 22.5. The highest BCUT2D eigenvalue weighted by Crippen LogP contribution is 2.15. The van der Waals surface area contributed by atoms with Crippen molar-refractivity contribution in [3.05, 3.63) is 0 Å². The maximum absolute atomic E-state index is 11.8. The molecule has 0 aromatic rings. The third-order valence-corrected chi connectivity index (χ3v) is 3.03. The van der Waals surface area contributed by atoms with Crippen molar-refractivity contribution in [1.82, 2.24) is 5.32 Å². The van der Waals surface area contributed by atoms with Crippen LogP contribution in [-0.4, -0.2) is 36.4 Å². The molecular weight excluding hydrogens is 218 g/mol. The summed E-state index contributed by atoms with van der Waals surface area (Å²) in [6.45, 7) is 4.95. The number of hydrogen-bond acceptors (Lipinski definition) is 3. The zero-order chi connectivity index (χ0) is 12.7. The third kappa shape index (κ3) is 6.03. The number of aliphatic hydroxyl groups excluding tert-OH is 1. The van der Waals surface area contributed by atoms with Gasteiger partial charge in [-0.15, -0.1) is 0 Å². The molecule has 0 aliphatic carbocycles. The van der Waals surface area contributed by atoms with E-state index in [1.807, 2.05) is 0 Å². The zero-order valence-corrected chi connectivity index (χ0v) is 10.9. The SMILES string of the molecule is CC(C)CC(CO)NC(=O)CC1CCCCO1. The molecule has 1 saturated heterocycles. The number of carbonyl (C=O) groups excluding carboxylic acids is 1. The van der Waals surface area contributed by atoms with Gasteiger partial charge in [0.05, 0.1) is 25.2 Å². The van der Waals surface area contributed by atoms with E-state index in [-0.39, 0.29) is 24.7 Å². The lowest BCUT2D eigenvalue weighted by atomic mass is 10.0. The molecule has 2 unspecified atom stereocenters. The lowest BCUT2D eigenvalue weighted by Gasteiger charge is -2.24. The first-order valence-corrected chi connectivity index (χ1v) is 6.63. The average molecular weight is 243 g/mol. The lowest BCUT2D eigenvalue weighted by Crippen LogP contribution is -2.40. The first kappa shape index (κ1) is 14.5. The van der Waals surface area contributed by atoms with Crippen LogP contribution in [0.1, 0.15) is 46.0 Å². The van der Waals surface area contributed by atoms with E-state index in [4.69, 9.17) is 4.74 Å². The molecule has 1 aliphatic rings. The van der Waals surface area contributed by atoms with Gasteiger partial charge in [0.1, 0.15) is 0 Å². The van der Waals surface area contributed by atoms with Crippen LogP contribution >= 0.6 is 0 Å². The lowest BCUT2D eigenvalue weighted by molar-refractivity contribution is -0.126. The van der Waals surface area contributed by atoms with Gasteiger partial charge in [0.15, 0.2) is 0 Å². The minimum absolute atomic E-state index is 0.00315. The molecule has 4 heteroatoms. The molecule has 0 aromatic carbocycles. The number of carbonyl (C=O) groups is 1. The zero-order valence-electron chi connectivity index (χ0n) is 10.9. The van der Waals surface area contributed by atoms with Crippen molar-refractivity contribution in [3.8, 4) is 0 Å². The van der Waals surface area contributed by atoms with Crippen molar-refractivity contribution >= 4 is 5.91 Å². The summed E-state index contributed by atoms with van der Waals surface area (Å²) in [6.07, 6.45) is 4.53. The molecule has 100 valence electrons. The third-order valence-electron chi connectivity index (χ3n) is 3.03. The summed E-state index contributed by atoms with van der Waals surface area (Å²) in [6, 6.07) is -0.119. The Morgan fingerprint density at radius 1 is 1.47 bits per heavy atom. The van der Waals surface area contributed by atoms with Crippen LogP contribution in [0.25, 0.3) is 0 Å². The molecule has 1 fully saturated rings. The van der Waals surface area contributed by atoms with Crippen molar-refractivity contribution in [1.29, 1.82) is 0 Å². The number of ether oxygens (including phenoxy) is 1. The Bertz CT molecular complexity index is 225. The van der Waals surface area contributed by atoms with Crippen molar-refractivity contribution < 1.29 is 14.6 Å². The van der Waals surface area contributed by atoms with E-state index in [0.717, 1.165) is 32.3 Å². The Hall–Kier alpha value is -0.610. The van der Waals surface area contributed by atoms with Crippen LogP contribution in [-0.2, 0) is 9.53 Å². The highest BCUT2D eigenvalue weighted by atomic mass is 16.5. The molecule has 2 atom stereocenters. The molecule has 1 heterocycles. The molecule has 0 radical (unpaired) electrons. The van der Waals surface area contributed by atoms with Gasteiger partial charge in [0, 0.05) is 6.61 Å². The molecule has 1 rings (SSSR count). The first-order chi connectivity index (χ1) is 8.11. The quantitative estimate of drug-likeness (QED) is 0.742. The maximum atomic E-state index is 11.8. The fourth-order valence-electron chi connectivity index (χ4n) is 2.21. The van der Waals surface area contributed by atoms with E-state index in [1.165, 1.54) is 0 Å². The van der Waals surface area contributed by atoms with Gasteiger partial charge in [-0.05, 0) is 31.6 Å². The highest BCUT2D eigenvalue weighted by Gasteiger charge is 2.19. The fourth-order valence-corrected chi connectivity index (χ4v) is 2.21. The van der Waals surface area contributed by atoms with Crippen molar-refractivity contribution in [2.75, 3.05) is 13.2 Å². The molecular formula is C13H25NO3. The second kappa shape index (κ2) is 7.67. The Morgan fingerprint density at radius 2 is 2.24 bits per heavy atom. The first-order valence-electron chi connectivity index (χ1n) is 6.63. The van der Waals surface area contributed by atoms with Gasteiger partial charge in [0.25, 0.3) is 0 Å². The van der Waals surface area contributed by atoms with Gasteiger partial charge in [-0.3, -0.25) is 4.79 Å². The molecule has 0 spiro atoms. The Morgan fingerprint density at radius 3 is 2.76 bits per heavy atom. The molecule has 0 bridgehead atoms. The summed E-state index contributed by atoms with van der Waals surface area (Å²) >= 11 is 0. The van der Waals surface area contributed by atoms with E-state index >= 15 is 0 Å². The summed E-state index contributed by atoms with van der Waals surface area (Å²) in [7, 11) is 0. The van der Waals surface area contributed by atoms with E-state index in [9.17, 15) is 9.90 Å². The van der Waals surface area contributed by atoms with Gasteiger partial charge < -0.3 is 15.2 Å². The molecule has 0 saturated carbocycles. The minimum atomic E-state index is -0.119. The number of hydrogen-bond donors (Lipinski definition) is 2. The van der Waals surface area contributed by atoms with Gasteiger partial charge in [-0.1, -0.05) is 13.8 Å². The fraction of sp³-hybridized carbons (Fsp3) is 0.923. The topological polar surface area (TPSA) is 58.6 Å². The maximum Gasteiger partial charge on any atom is 0.222 e. The number of aliphatic hydroxyl groups is 1. The predicted molar refractivity (Wildman–Crippen MR) is 66.7 cm³/mol. The van der Waals surface area contributed by atoms with Crippen LogP contribution < -0.4 is 5.32 Å². The highest BCUT2D eigenvalue weighted by molar-refractivity contribution is 5.76. The van der Waals surface area contributed by atoms with Crippen LogP contribution in [0, 0.1) is 5.92 Å². The minimum Gasteiger partial charge on any atom is -0.394 e. The van der Waals surface area contributed by atoms with E-state index < -0.39 is 0 Å². The van der Waals surface area contributed by atoms with E-state index in [1.54, 1.807) is 0 Å². The van der Waals surface area contributed by atoms with E-state index in [2.05, 4.69) is 19.2 Å². The smallest absolute Gasteiger partial charge is 0.222 e. The van der Waals surface area contributed by atoms with Gasteiger partial charge in [-0.2, -0.15) is 0 Å². The molecule has 2 N–H and O–H groups in total. The number of rotatable bonds is 6. The predicted octanol–water partition coefficient (Wildman–Crippen LogP) is 1.47. The Balaban J connectivity index is 2.26. The summed E-state index contributed by atoms with van der Waals surface area (Å²) in [5, 5.41) is 12.1. The summed E-state index contributed by atoms with van der Waals surface area (Å²) in [4.78, 5) is 11.8. The second-order valence-corrected chi connectivity index (χ2v) is 5.27. The summed E-state index contributed by atoms with van der Waals surface area (Å²) in [5.41, 5.74) is 0. The van der Waals surface area contributed by atoms with Crippen molar-refractivity contribution in [3.63, 3.8) is 0 Å². The monoisotopic (exact) mass is 243 g/mol. The van der Waals surface area contributed by atoms with E-state index in [0.29, 0.717) is 12.3 Å². The Kier molecular flexibility index (Phi) is 6.52. The average Bonchev–Trinajstić information content (AvgIpc) is 2.28. The summed E-state index contributed by atoms with van der Waals surface area (Å²) in [5.74, 6) is 0.468. The van der Waals surface area contributed by atoms with Crippen LogP contribution in [0.2, 0.25) is 0 Å². The standard InChI is InChI=1S/C13H25NO3/c1-10(2)7-11(9-15)14-13(16)8-12-5-3-4-6-17-12/h10-12,15H,3-9H2,1-2H3,(H,14,16). The number of amides is 1. The van der Waals surface area contributed by atoms with Gasteiger partial charge in [0.2, 0.25) is 5.91 Å². The molecule has 1 amide bonds. The molecule has 0 aromatic heterocycles. The van der Waals surface area contributed by atoms with Gasteiger partial charge >= 0.3 is 0 Å². The summed E-state index contributed by atoms with van der Waals surface area (Å²) < 4.78 is 5.52. The van der Waals surface area contributed by atoms with Gasteiger partial charge in [-0.25, -0.2) is 0 Å². The van der Waals surface area contributed by atoms with Crippen LogP contribution in [0.15, 0.2) is 0 Å². The van der Waals surface area contributed by atoms with Crippen LogP contribution in [0.5, 0.6) is 0 Å². The van der Waals surface area contributed by atoms with Crippen LogP contribution in [0.3, 0.4) is 0 Å². The molecule has 17 heavy (non-hydrogen) atoms. The molecule has 1 aliphatic heterocycles. The molecule has 4 nitrogen and oxygen atoms in total.